The predicted octanol–water partition coefficient (Wildman–Crippen LogP) is 5.28. The number of phenolic OH excluding ortho intramolecular Hbond substituents is 1. The van der Waals surface area contributed by atoms with Crippen LogP contribution in [-0.2, 0) is 5.41 Å². The molecule has 3 atom stereocenters. The van der Waals surface area contributed by atoms with Gasteiger partial charge in [0.25, 0.3) is 0 Å². The molecule has 1 aliphatic heterocycles. The second-order valence-electron chi connectivity index (χ2n) is 9.28. The molecule has 1 heterocycles. The number of aromatic hydroxyl groups is 1. The molecule has 140 valence electrons. The molecule has 0 amide bonds. The van der Waals surface area contributed by atoms with E-state index in [4.69, 9.17) is 4.74 Å². The van der Waals surface area contributed by atoms with Gasteiger partial charge in [0.15, 0.2) is 0 Å². The fraction of sp³-hybridized carbons (Fsp3) is 0.727. The maximum atomic E-state index is 10.9. The van der Waals surface area contributed by atoms with Crippen LogP contribution in [0.5, 0.6) is 11.5 Å². The van der Waals surface area contributed by atoms with E-state index >= 15 is 0 Å². The van der Waals surface area contributed by atoms with Gasteiger partial charge in [-0.1, -0.05) is 33.6 Å². The Morgan fingerprint density at radius 3 is 2.64 bits per heavy atom. The Hall–Kier alpha value is -1.22. The van der Waals surface area contributed by atoms with Crippen molar-refractivity contribution >= 4 is 0 Å². The molecule has 1 fully saturated rings. The van der Waals surface area contributed by atoms with Crippen molar-refractivity contribution in [3.8, 4) is 11.5 Å². The number of phenols is 1. The van der Waals surface area contributed by atoms with Crippen LogP contribution in [0.2, 0.25) is 0 Å². The lowest BCUT2D eigenvalue weighted by molar-refractivity contribution is -0.0318. The van der Waals surface area contributed by atoms with Crippen LogP contribution in [0, 0.1) is 5.92 Å². The van der Waals surface area contributed by atoms with E-state index in [1.807, 2.05) is 6.07 Å². The van der Waals surface area contributed by atoms with E-state index in [2.05, 4.69) is 40.7 Å². The lowest BCUT2D eigenvalue weighted by atomic mass is 9.65. The lowest BCUT2D eigenvalue weighted by Crippen LogP contribution is -2.47. The average Bonchev–Trinajstić information content (AvgIpc) is 2.51. The Kier molecular flexibility index (Phi) is 4.83. The molecule has 0 spiro atoms. The van der Waals surface area contributed by atoms with Crippen LogP contribution >= 0.6 is 0 Å². The fourth-order valence-electron chi connectivity index (χ4n) is 4.88. The summed E-state index contributed by atoms with van der Waals surface area (Å²) in [4.78, 5) is 0. The van der Waals surface area contributed by atoms with E-state index in [1.54, 1.807) is 0 Å². The molecule has 0 saturated heterocycles. The number of unbranched alkanes of at least 4 members (excludes halogenated alkanes) is 1. The number of benzene rings is 1. The van der Waals surface area contributed by atoms with Gasteiger partial charge in [0.1, 0.15) is 17.1 Å². The number of rotatable bonds is 4. The largest absolute Gasteiger partial charge is 0.508 e. The van der Waals surface area contributed by atoms with E-state index < -0.39 is 0 Å². The van der Waals surface area contributed by atoms with E-state index in [9.17, 15) is 10.2 Å². The number of aliphatic hydroxyl groups excluding tert-OH is 1. The molecule has 0 aromatic heterocycles. The van der Waals surface area contributed by atoms with E-state index in [0.717, 1.165) is 42.6 Å². The number of aliphatic hydroxyl groups is 1. The Bertz CT molecular complexity index is 632. The molecule has 25 heavy (non-hydrogen) atoms. The molecular weight excluding hydrogens is 312 g/mol. The van der Waals surface area contributed by atoms with Gasteiger partial charge in [-0.05, 0) is 62.6 Å². The Morgan fingerprint density at radius 2 is 1.96 bits per heavy atom. The molecule has 1 saturated carbocycles. The smallest absolute Gasteiger partial charge is 0.127 e. The zero-order valence-electron chi connectivity index (χ0n) is 16.4. The summed E-state index contributed by atoms with van der Waals surface area (Å²) in [6.45, 7) is 11.0. The quantitative estimate of drug-likeness (QED) is 0.780. The Balaban J connectivity index is 2.03. The zero-order chi connectivity index (χ0) is 18.4. The molecular formula is C22H34O3. The summed E-state index contributed by atoms with van der Waals surface area (Å²) in [7, 11) is 0. The second kappa shape index (κ2) is 6.50. The molecule has 0 bridgehead atoms. The molecule has 2 N–H and O–H groups in total. The number of fused-ring (bicyclic) bond motifs is 3. The van der Waals surface area contributed by atoms with Crippen LogP contribution in [0.3, 0.4) is 0 Å². The minimum atomic E-state index is -0.275. The van der Waals surface area contributed by atoms with Crippen LogP contribution in [0.4, 0.5) is 0 Å². The van der Waals surface area contributed by atoms with Crippen LogP contribution < -0.4 is 4.74 Å². The second-order valence-corrected chi connectivity index (χ2v) is 9.28. The van der Waals surface area contributed by atoms with Gasteiger partial charge in [-0.15, -0.1) is 0 Å². The molecule has 3 heteroatoms. The molecule has 1 aromatic rings. The van der Waals surface area contributed by atoms with Crippen LogP contribution in [0.25, 0.3) is 0 Å². The molecule has 0 radical (unpaired) electrons. The van der Waals surface area contributed by atoms with Gasteiger partial charge in [-0.25, -0.2) is 0 Å². The third-order valence-electron chi connectivity index (χ3n) is 6.52. The van der Waals surface area contributed by atoms with Crippen molar-refractivity contribution in [1.29, 1.82) is 0 Å². The van der Waals surface area contributed by atoms with Crippen molar-refractivity contribution < 1.29 is 14.9 Å². The fourth-order valence-corrected chi connectivity index (χ4v) is 4.88. The van der Waals surface area contributed by atoms with Crippen molar-refractivity contribution in [3.63, 3.8) is 0 Å². The molecule has 1 aliphatic carbocycles. The van der Waals surface area contributed by atoms with Gasteiger partial charge >= 0.3 is 0 Å². The van der Waals surface area contributed by atoms with Crippen LogP contribution in [-0.4, -0.2) is 21.9 Å². The summed E-state index contributed by atoms with van der Waals surface area (Å²) in [6.07, 6.45) is 5.66. The minimum Gasteiger partial charge on any atom is -0.508 e. The third-order valence-corrected chi connectivity index (χ3v) is 6.52. The van der Waals surface area contributed by atoms with Gasteiger partial charge < -0.3 is 14.9 Å². The molecule has 3 unspecified atom stereocenters. The molecule has 3 nitrogen and oxygen atoms in total. The normalized spacial score (nSPS) is 28.0. The maximum Gasteiger partial charge on any atom is 0.127 e. The maximum absolute atomic E-state index is 10.9. The standard InChI is InChI=1S/C22H34O3/c1-6-7-10-21(2,3)14-11-18(24)20-16-13-15(23)8-9-17(16)22(4,5)25-19(20)12-14/h11-12,15-17,23-24H,6-10,13H2,1-5H3. The van der Waals surface area contributed by atoms with E-state index in [1.165, 1.54) is 12.8 Å². The average molecular weight is 347 g/mol. The van der Waals surface area contributed by atoms with Gasteiger partial charge in [-0.3, -0.25) is 0 Å². The van der Waals surface area contributed by atoms with Crippen molar-refractivity contribution in [2.45, 2.75) is 96.2 Å². The highest BCUT2D eigenvalue weighted by atomic mass is 16.5. The summed E-state index contributed by atoms with van der Waals surface area (Å²) in [5.41, 5.74) is 1.80. The number of hydrogen-bond donors (Lipinski definition) is 2. The summed E-state index contributed by atoms with van der Waals surface area (Å²) in [6, 6.07) is 4.08. The van der Waals surface area contributed by atoms with Gasteiger partial charge in [0.05, 0.1) is 6.10 Å². The Labute approximate surface area is 152 Å². The summed E-state index contributed by atoms with van der Waals surface area (Å²) in [5, 5.41) is 21.1. The third kappa shape index (κ3) is 3.40. The van der Waals surface area contributed by atoms with Crippen molar-refractivity contribution in [3.05, 3.63) is 23.3 Å². The first-order valence-electron chi connectivity index (χ1n) is 9.90. The first-order chi connectivity index (χ1) is 11.7. The van der Waals surface area contributed by atoms with Crippen LogP contribution in [0.15, 0.2) is 12.1 Å². The van der Waals surface area contributed by atoms with E-state index in [0.29, 0.717) is 11.7 Å². The molecule has 2 aliphatic rings. The van der Waals surface area contributed by atoms with Crippen LogP contribution in [0.1, 0.15) is 90.2 Å². The SMILES string of the molecule is CCCCC(C)(C)c1cc(O)c2c(c1)OC(C)(C)C1CCC(O)CC21. The predicted molar refractivity (Wildman–Crippen MR) is 101 cm³/mol. The van der Waals surface area contributed by atoms with Crippen molar-refractivity contribution in [2.75, 3.05) is 0 Å². The summed E-state index contributed by atoms with van der Waals surface area (Å²) < 4.78 is 6.40. The first kappa shape index (κ1) is 18.6. The number of ether oxygens (including phenoxy) is 1. The van der Waals surface area contributed by atoms with Gasteiger partial charge in [0, 0.05) is 17.4 Å². The summed E-state index contributed by atoms with van der Waals surface area (Å²) in [5.74, 6) is 1.68. The minimum absolute atomic E-state index is 0.0128. The topological polar surface area (TPSA) is 49.7 Å². The highest BCUT2D eigenvalue weighted by Crippen LogP contribution is 2.55. The van der Waals surface area contributed by atoms with Gasteiger partial charge in [-0.2, -0.15) is 0 Å². The molecule has 1 aromatic carbocycles. The monoisotopic (exact) mass is 346 g/mol. The van der Waals surface area contributed by atoms with Crippen molar-refractivity contribution in [1.82, 2.24) is 0 Å². The van der Waals surface area contributed by atoms with Gasteiger partial charge in [0.2, 0.25) is 0 Å². The highest BCUT2D eigenvalue weighted by molar-refractivity contribution is 5.53. The zero-order valence-corrected chi connectivity index (χ0v) is 16.4. The lowest BCUT2D eigenvalue weighted by Gasteiger charge is -2.48. The Morgan fingerprint density at radius 1 is 1.24 bits per heavy atom. The summed E-state index contributed by atoms with van der Waals surface area (Å²) >= 11 is 0. The molecule has 3 rings (SSSR count). The first-order valence-corrected chi connectivity index (χ1v) is 9.90. The van der Waals surface area contributed by atoms with Crippen molar-refractivity contribution in [2.24, 2.45) is 5.92 Å². The number of hydrogen-bond acceptors (Lipinski definition) is 3. The highest BCUT2D eigenvalue weighted by Gasteiger charge is 2.47. The van der Waals surface area contributed by atoms with E-state index in [-0.39, 0.29) is 23.0 Å².